The molecule has 0 unspecified atom stereocenters. The van der Waals surface area contributed by atoms with Crippen LogP contribution in [0.2, 0.25) is 0 Å². The van der Waals surface area contributed by atoms with Crippen molar-refractivity contribution in [2.45, 2.75) is 0 Å². The molecule has 0 aromatic rings. The first-order valence-electron chi connectivity index (χ1n) is 3.80. The van der Waals surface area contributed by atoms with E-state index >= 15 is 0 Å². The summed E-state index contributed by atoms with van der Waals surface area (Å²) < 4.78 is 5.53. The second-order valence-electron chi connectivity index (χ2n) is 2.70. The van der Waals surface area contributed by atoms with Gasteiger partial charge in [0, 0.05) is 0 Å². The third-order valence-corrected chi connectivity index (χ3v) is 4.66. The third-order valence-electron chi connectivity index (χ3n) is 1.91. The van der Waals surface area contributed by atoms with E-state index in [9.17, 15) is 0 Å². The average Bonchev–Trinajstić information content (AvgIpc) is 2.62. The Balaban J connectivity index is 2.31. The summed E-state index contributed by atoms with van der Waals surface area (Å²) in [7, 11) is 0. The van der Waals surface area contributed by atoms with Gasteiger partial charge in [0.05, 0.1) is 0 Å². The summed E-state index contributed by atoms with van der Waals surface area (Å²) >= 11 is 7.36. The monoisotopic (exact) mass is 370 g/mol. The van der Waals surface area contributed by atoms with Crippen LogP contribution < -0.4 is 4.33 Å². The van der Waals surface area contributed by atoms with Gasteiger partial charge in [0.15, 0.2) is 0 Å². The molecule has 0 fully saturated rings. The quantitative estimate of drug-likeness (QED) is 0.590. The van der Waals surface area contributed by atoms with Gasteiger partial charge in [-0.3, -0.25) is 0 Å². The summed E-state index contributed by atoms with van der Waals surface area (Å²) in [4.78, 5) is 0. The molecule has 2 aliphatic heterocycles. The Morgan fingerprint density at radius 2 is 2.08 bits per heavy atom. The summed E-state index contributed by atoms with van der Waals surface area (Å²) in [5, 5.41) is 1.84. The molecule has 0 aromatic heterocycles. The van der Waals surface area contributed by atoms with Crippen molar-refractivity contribution in [3.63, 3.8) is 0 Å². The Morgan fingerprint density at radius 1 is 1.31 bits per heavy atom. The molecule has 0 amide bonds. The minimum atomic E-state index is 0.358. The Hall–Kier alpha value is 0.299. The van der Waals surface area contributed by atoms with Gasteiger partial charge in [-0.2, -0.15) is 0 Å². The summed E-state index contributed by atoms with van der Waals surface area (Å²) in [6.07, 6.45) is 6.52. The fraction of sp³-hybridized carbons (Fsp3) is 0.250. The zero-order valence-electron chi connectivity index (χ0n) is 6.76. The number of halogens is 2. The molecule has 0 radical (unpaired) electrons. The molecule has 1 N–H and O–H groups in total. The molecule has 2 nitrogen and oxygen atoms in total. The van der Waals surface area contributed by atoms with Crippen molar-refractivity contribution in [2.24, 2.45) is 0 Å². The van der Waals surface area contributed by atoms with Crippen LogP contribution in [0.15, 0.2) is 35.3 Å². The van der Waals surface area contributed by atoms with Crippen LogP contribution in [0.4, 0.5) is 0 Å². The molecule has 0 aliphatic carbocycles. The summed E-state index contributed by atoms with van der Waals surface area (Å²) in [5.74, 6) is 0. The van der Waals surface area contributed by atoms with Crippen molar-refractivity contribution < 1.29 is 0 Å². The van der Waals surface area contributed by atoms with Crippen molar-refractivity contribution in [1.82, 2.24) is 8.25 Å². The molecule has 13 heavy (non-hydrogen) atoms. The van der Waals surface area contributed by atoms with Crippen LogP contribution in [-0.4, -0.2) is 30.0 Å². The van der Waals surface area contributed by atoms with Gasteiger partial charge < -0.3 is 0 Å². The van der Waals surface area contributed by atoms with E-state index in [1.165, 1.54) is 16.8 Å². The zero-order valence-corrected chi connectivity index (χ0v) is 11.6. The second-order valence-corrected chi connectivity index (χ2v) is 5.52. The molecule has 5 heteroatoms. The van der Waals surface area contributed by atoms with Gasteiger partial charge in [-0.15, -0.1) is 0 Å². The fourth-order valence-electron chi connectivity index (χ4n) is 1.21. The van der Waals surface area contributed by atoms with Crippen LogP contribution >= 0.6 is 31.9 Å². The summed E-state index contributed by atoms with van der Waals surface area (Å²) in [5.41, 5.74) is 4.00. The molecular weight excluding hydrogens is 363 g/mol. The molecule has 0 bridgehead atoms. The first kappa shape index (κ1) is 9.84. The number of alkyl halides is 2. The van der Waals surface area contributed by atoms with Gasteiger partial charge in [-0.1, -0.05) is 0 Å². The minimum absolute atomic E-state index is 0.358. The van der Waals surface area contributed by atoms with Crippen LogP contribution in [0, 0.1) is 0 Å². The first-order chi connectivity index (χ1) is 6.35. The average molecular weight is 371 g/mol. The standard InChI is InChI=1S/C8H8Br2N2Se/c9-2-6-1-8-4-11-13-12(8)5-7(6)3-10/h1,4-5,11H,2-3H2. The Kier molecular flexibility index (Phi) is 3.19. The maximum absolute atomic E-state index is 3.50. The van der Waals surface area contributed by atoms with E-state index < -0.39 is 0 Å². The number of rotatable bonds is 2. The molecule has 2 rings (SSSR count). The Labute approximate surface area is 101 Å². The summed E-state index contributed by atoms with van der Waals surface area (Å²) in [6.45, 7) is 0. The van der Waals surface area contributed by atoms with Crippen LogP contribution in [-0.2, 0) is 0 Å². The molecule has 0 aromatic carbocycles. The molecule has 0 spiro atoms. The van der Waals surface area contributed by atoms with Crippen LogP contribution in [0.1, 0.15) is 0 Å². The Bertz CT molecular complexity index is 309. The van der Waals surface area contributed by atoms with E-state index in [0.29, 0.717) is 15.4 Å². The maximum atomic E-state index is 3.50. The van der Waals surface area contributed by atoms with Crippen molar-refractivity contribution >= 4 is 47.3 Å². The topological polar surface area (TPSA) is 15.3 Å². The summed E-state index contributed by atoms with van der Waals surface area (Å²) in [6, 6.07) is 0. The van der Waals surface area contributed by atoms with Crippen molar-refractivity contribution in [1.29, 1.82) is 0 Å². The van der Waals surface area contributed by atoms with Gasteiger partial charge in [-0.25, -0.2) is 0 Å². The number of nitrogens with zero attached hydrogens (tertiary/aromatic N) is 1. The Morgan fingerprint density at radius 3 is 2.77 bits per heavy atom. The van der Waals surface area contributed by atoms with E-state index in [4.69, 9.17) is 0 Å². The van der Waals surface area contributed by atoms with Crippen LogP contribution in [0.25, 0.3) is 0 Å². The number of fused-ring (bicyclic) bond motifs is 1. The molecule has 2 heterocycles. The normalized spacial score (nSPS) is 20.2. The number of nitrogens with one attached hydrogen (secondary N) is 1. The molecule has 2 aliphatic rings. The number of hydrogen-bond acceptors (Lipinski definition) is 2. The molecule has 0 atom stereocenters. The van der Waals surface area contributed by atoms with E-state index in [2.05, 4.69) is 58.6 Å². The second kappa shape index (κ2) is 4.22. The molecule has 0 saturated carbocycles. The zero-order chi connectivity index (χ0) is 9.26. The van der Waals surface area contributed by atoms with E-state index in [0.717, 1.165) is 10.7 Å². The van der Waals surface area contributed by atoms with Crippen LogP contribution in [0.5, 0.6) is 0 Å². The van der Waals surface area contributed by atoms with Gasteiger partial charge in [-0.05, 0) is 0 Å². The molecular formula is C8H8Br2N2Se. The predicted octanol–water partition coefficient (Wildman–Crippen LogP) is 1.88. The molecule has 70 valence electrons. The molecule has 0 saturated heterocycles. The number of hydrogen-bond donors (Lipinski definition) is 1. The van der Waals surface area contributed by atoms with Gasteiger partial charge in [0.25, 0.3) is 0 Å². The van der Waals surface area contributed by atoms with Gasteiger partial charge in [0.2, 0.25) is 0 Å². The van der Waals surface area contributed by atoms with Crippen molar-refractivity contribution in [3.05, 3.63) is 35.3 Å². The predicted molar refractivity (Wildman–Crippen MR) is 62.6 cm³/mol. The van der Waals surface area contributed by atoms with E-state index in [1.54, 1.807) is 0 Å². The fourth-order valence-corrected chi connectivity index (χ4v) is 3.66. The van der Waals surface area contributed by atoms with E-state index in [-0.39, 0.29) is 0 Å². The van der Waals surface area contributed by atoms with Gasteiger partial charge >= 0.3 is 101 Å². The SMILES string of the molecule is BrCC1=CC2=CN[Se]N2C=C1CBr. The number of allylic oxidation sites excluding steroid dienone is 3. The van der Waals surface area contributed by atoms with Crippen LogP contribution in [0.3, 0.4) is 0 Å². The van der Waals surface area contributed by atoms with Gasteiger partial charge in [0.1, 0.15) is 0 Å². The van der Waals surface area contributed by atoms with E-state index in [1.807, 2.05) is 0 Å². The van der Waals surface area contributed by atoms with Crippen molar-refractivity contribution in [2.75, 3.05) is 10.7 Å². The first-order valence-corrected chi connectivity index (χ1v) is 7.67. The third kappa shape index (κ3) is 1.89. The van der Waals surface area contributed by atoms with Crippen molar-refractivity contribution in [3.8, 4) is 0 Å².